The zero-order chi connectivity index (χ0) is 23.1. The van der Waals surface area contributed by atoms with E-state index in [0.717, 1.165) is 0 Å². The SMILES string of the molecule is COC(=O)c1cc(OC)c(OC)cc1NC(=O)/C(=C/c1ccccc1Cl)c1ccccc1. The molecule has 3 rings (SSSR count). The molecule has 32 heavy (non-hydrogen) atoms. The molecule has 0 saturated heterocycles. The highest BCUT2D eigenvalue weighted by Crippen LogP contribution is 2.34. The molecule has 0 atom stereocenters. The summed E-state index contributed by atoms with van der Waals surface area (Å²) < 4.78 is 15.5. The second kappa shape index (κ2) is 10.5. The fraction of sp³-hybridized carbons (Fsp3) is 0.120. The summed E-state index contributed by atoms with van der Waals surface area (Å²) >= 11 is 6.31. The number of anilines is 1. The average Bonchev–Trinajstić information content (AvgIpc) is 2.83. The molecular formula is C25H22ClNO5. The van der Waals surface area contributed by atoms with Crippen LogP contribution in [0.15, 0.2) is 66.7 Å². The van der Waals surface area contributed by atoms with Gasteiger partial charge in [-0.3, -0.25) is 4.79 Å². The van der Waals surface area contributed by atoms with E-state index in [1.165, 1.54) is 33.5 Å². The molecule has 0 radical (unpaired) electrons. The summed E-state index contributed by atoms with van der Waals surface area (Å²) in [6, 6.07) is 19.3. The summed E-state index contributed by atoms with van der Waals surface area (Å²) in [7, 11) is 4.18. The van der Waals surface area contributed by atoms with Crippen LogP contribution in [0, 0.1) is 0 Å². The topological polar surface area (TPSA) is 73.9 Å². The molecule has 0 aliphatic heterocycles. The van der Waals surface area contributed by atoms with Gasteiger partial charge in [-0.2, -0.15) is 0 Å². The normalized spacial score (nSPS) is 10.9. The second-order valence-corrected chi connectivity index (χ2v) is 7.05. The number of hydrogen-bond acceptors (Lipinski definition) is 5. The van der Waals surface area contributed by atoms with E-state index in [9.17, 15) is 9.59 Å². The van der Waals surface area contributed by atoms with Crippen molar-refractivity contribution in [2.45, 2.75) is 0 Å². The van der Waals surface area contributed by atoms with Gasteiger partial charge in [-0.25, -0.2) is 4.79 Å². The first-order valence-electron chi connectivity index (χ1n) is 9.65. The highest BCUT2D eigenvalue weighted by atomic mass is 35.5. The van der Waals surface area contributed by atoms with E-state index in [-0.39, 0.29) is 11.3 Å². The largest absolute Gasteiger partial charge is 0.493 e. The van der Waals surface area contributed by atoms with Gasteiger partial charge >= 0.3 is 5.97 Å². The van der Waals surface area contributed by atoms with Crippen molar-refractivity contribution >= 4 is 40.8 Å². The number of carbonyl (C=O) groups is 2. The van der Waals surface area contributed by atoms with E-state index in [4.69, 9.17) is 25.8 Å². The molecule has 3 aromatic rings. The van der Waals surface area contributed by atoms with Crippen LogP contribution < -0.4 is 14.8 Å². The first-order chi connectivity index (χ1) is 15.5. The first kappa shape index (κ1) is 22.9. The number of hydrogen-bond donors (Lipinski definition) is 1. The van der Waals surface area contributed by atoms with Crippen LogP contribution in [0.5, 0.6) is 11.5 Å². The Morgan fingerprint density at radius 1 is 0.875 bits per heavy atom. The zero-order valence-corrected chi connectivity index (χ0v) is 18.6. The van der Waals surface area contributed by atoms with Crippen LogP contribution in [-0.2, 0) is 9.53 Å². The molecule has 0 bridgehead atoms. The molecule has 7 heteroatoms. The van der Waals surface area contributed by atoms with Crippen LogP contribution in [-0.4, -0.2) is 33.2 Å². The molecule has 0 unspecified atom stereocenters. The minimum Gasteiger partial charge on any atom is -0.493 e. The van der Waals surface area contributed by atoms with Crippen LogP contribution in [0.2, 0.25) is 5.02 Å². The van der Waals surface area contributed by atoms with Crippen molar-refractivity contribution < 1.29 is 23.8 Å². The molecule has 1 amide bonds. The Morgan fingerprint density at radius 2 is 1.50 bits per heavy atom. The maximum Gasteiger partial charge on any atom is 0.340 e. The van der Waals surface area contributed by atoms with Crippen molar-refractivity contribution in [1.82, 2.24) is 0 Å². The van der Waals surface area contributed by atoms with Crippen LogP contribution in [0.25, 0.3) is 11.6 Å². The quantitative estimate of drug-likeness (QED) is 0.299. The average molecular weight is 452 g/mol. The number of methoxy groups -OCH3 is 3. The summed E-state index contributed by atoms with van der Waals surface area (Å²) in [5, 5.41) is 3.31. The smallest absolute Gasteiger partial charge is 0.340 e. The lowest BCUT2D eigenvalue weighted by Gasteiger charge is -2.16. The van der Waals surface area contributed by atoms with Gasteiger partial charge in [0.15, 0.2) is 11.5 Å². The molecule has 0 fully saturated rings. The van der Waals surface area contributed by atoms with Gasteiger partial charge in [0.2, 0.25) is 0 Å². The molecule has 3 aromatic carbocycles. The van der Waals surface area contributed by atoms with Crippen molar-refractivity contribution in [2.24, 2.45) is 0 Å². The number of carbonyl (C=O) groups excluding carboxylic acids is 2. The van der Waals surface area contributed by atoms with Crippen LogP contribution in [0.1, 0.15) is 21.5 Å². The lowest BCUT2D eigenvalue weighted by Crippen LogP contribution is -2.17. The molecule has 0 aromatic heterocycles. The van der Waals surface area contributed by atoms with E-state index in [2.05, 4.69) is 5.32 Å². The number of amides is 1. The highest BCUT2D eigenvalue weighted by Gasteiger charge is 2.21. The van der Waals surface area contributed by atoms with Crippen molar-refractivity contribution in [1.29, 1.82) is 0 Å². The van der Waals surface area contributed by atoms with E-state index in [1.54, 1.807) is 12.1 Å². The predicted octanol–water partition coefficient (Wildman–Crippen LogP) is 5.32. The third-order valence-corrected chi connectivity index (χ3v) is 5.06. The fourth-order valence-corrected chi connectivity index (χ4v) is 3.29. The number of halogens is 1. The molecule has 1 N–H and O–H groups in total. The fourth-order valence-electron chi connectivity index (χ4n) is 3.10. The lowest BCUT2D eigenvalue weighted by atomic mass is 10.0. The summed E-state index contributed by atoms with van der Waals surface area (Å²) in [6.07, 6.45) is 1.70. The Hall–Kier alpha value is -3.77. The second-order valence-electron chi connectivity index (χ2n) is 6.64. The van der Waals surface area contributed by atoms with Crippen molar-refractivity contribution in [3.05, 3.63) is 88.4 Å². The predicted molar refractivity (Wildman–Crippen MR) is 125 cm³/mol. The molecular weight excluding hydrogens is 430 g/mol. The van der Waals surface area contributed by atoms with Crippen LogP contribution >= 0.6 is 11.6 Å². The Bertz CT molecular complexity index is 1160. The van der Waals surface area contributed by atoms with E-state index in [0.29, 0.717) is 33.2 Å². The van der Waals surface area contributed by atoms with Gasteiger partial charge in [0, 0.05) is 22.7 Å². The van der Waals surface area contributed by atoms with Crippen LogP contribution in [0.4, 0.5) is 5.69 Å². The zero-order valence-electron chi connectivity index (χ0n) is 17.8. The third-order valence-electron chi connectivity index (χ3n) is 4.71. The number of nitrogens with one attached hydrogen (secondary N) is 1. The summed E-state index contributed by atoms with van der Waals surface area (Å²) in [6.45, 7) is 0. The minimum absolute atomic E-state index is 0.128. The van der Waals surface area contributed by atoms with E-state index < -0.39 is 11.9 Å². The monoisotopic (exact) mass is 451 g/mol. The molecule has 164 valence electrons. The molecule has 0 aliphatic carbocycles. The number of esters is 1. The van der Waals surface area contributed by atoms with Crippen LogP contribution in [0.3, 0.4) is 0 Å². The van der Waals surface area contributed by atoms with Crippen molar-refractivity contribution in [3.63, 3.8) is 0 Å². The Labute approximate surface area is 191 Å². The molecule has 0 spiro atoms. The molecule has 0 aliphatic rings. The highest BCUT2D eigenvalue weighted by molar-refractivity contribution is 6.34. The van der Waals surface area contributed by atoms with Crippen molar-refractivity contribution in [2.75, 3.05) is 26.6 Å². The lowest BCUT2D eigenvalue weighted by molar-refractivity contribution is -0.111. The maximum absolute atomic E-state index is 13.4. The van der Waals surface area contributed by atoms with E-state index >= 15 is 0 Å². The van der Waals surface area contributed by atoms with Gasteiger partial charge in [-0.05, 0) is 23.3 Å². The Balaban J connectivity index is 2.09. The van der Waals surface area contributed by atoms with Gasteiger partial charge < -0.3 is 19.5 Å². The van der Waals surface area contributed by atoms with Gasteiger partial charge in [0.1, 0.15) is 0 Å². The Morgan fingerprint density at radius 3 is 2.12 bits per heavy atom. The summed E-state index contributed by atoms with van der Waals surface area (Å²) in [4.78, 5) is 25.8. The van der Waals surface area contributed by atoms with Gasteiger partial charge in [0.25, 0.3) is 5.91 Å². The molecule has 0 saturated carbocycles. The number of rotatable bonds is 7. The van der Waals surface area contributed by atoms with Crippen molar-refractivity contribution in [3.8, 4) is 11.5 Å². The minimum atomic E-state index is -0.627. The number of benzene rings is 3. The molecule has 0 heterocycles. The summed E-state index contributed by atoms with van der Waals surface area (Å²) in [5.41, 5.74) is 2.09. The maximum atomic E-state index is 13.4. The molecule has 6 nitrogen and oxygen atoms in total. The third kappa shape index (κ3) is 5.10. The van der Waals surface area contributed by atoms with E-state index in [1.807, 2.05) is 48.5 Å². The van der Waals surface area contributed by atoms with Gasteiger partial charge in [0.05, 0.1) is 32.6 Å². The first-order valence-corrected chi connectivity index (χ1v) is 10.0. The standard InChI is InChI=1S/C25H22ClNO5/c1-30-22-14-19(25(29)32-3)21(15-23(22)31-2)27-24(28)18(16-9-5-4-6-10-16)13-17-11-7-8-12-20(17)26/h4-15H,1-3H3,(H,27,28)/b18-13+. The number of ether oxygens (including phenoxy) is 3. The Kier molecular flexibility index (Phi) is 7.52. The summed E-state index contributed by atoms with van der Waals surface area (Å²) in [5.74, 6) is -0.376. The van der Waals surface area contributed by atoms with Gasteiger partial charge in [-0.15, -0.1) is 0 Å². The van der Waals surface area contributed by atoms with Gasteiger partial charge in [-0.1, -0.05) is 60.1 Å².